The first kappa shape index (κ1) is 10.0. The van der Waals surface area contributed by atoms with E-state index >= 15 is 0 Å². The van der Waals surface area contributed by atoms with Gasteiger partial charge in [0.2, 0.25) is 0 Å². The van der Waals surface area contributed by atoms with Crippen LogP contribution in [0.1, 0.15) is 47.0 Å². The Kier molecular flexibility index (Phi) is 3.57. The van der Waals surface area contributed by atoms with E-state index in [2.05, 4.69) is 27.7 Å². The summed E-state index contributed by atoms with van der Waals surface area (Å²) in [5.41, 5.74) is 0. The van der Waals surface area contributed by atoms with Gasteiger partial charge >= 0.3 is 0 Å². The summed E-state index contributed by atoms with van der Waals surface area (Å²) in [5, 5.41) is 0. The molecule has 0 aromatic rings. The lowest BCUT2D eigenvalue weighted by Crippen LogP contribution is -2.38. The van der Waals surface area contributed by atoms with Crippen molar-refractivity contribution in [3.8, 4) is 0 Å². The number of rotatable bonds is 2. The Balaban J connectivity index is 2.52. The van der Waals surface area contributed by atoms with E-state index in [9.17, 15) is 0 Å². The summed E-state index contributed by atoms with van der Waals surface area (Å²) in [4.78, 5) is 0. The van der Waals surface area contributed by atoms with Crippen LogP contribution in [-0.4, -0.2) is 12.2 Å². The van der Waals surface area contributed by atoms with E-state index in [1.54, 1.807) is 0 Å². The highest BCUT2D eigenvalue weighted by atomic mass is 16.5. The third kappa shape index (κ3) is 2.01. The number of ether oxygens (including phenoxy) is 1. The molecule has 1 rings (SSSR count). The molecular formula is C11H22O. The predicted molar refractivity (Wildman–Crippen MR) is 52.2 cm³/mol. The average molecular weight is 170 g/mol. The van der Waals surface area contributed by atoms with Gasteiger partial charge in [0.1, 0.15) is 0 Å². The third-order valence-electron chi connectivity index (χ3n) is 3.32. The first-order valence-electron chi connectivity index (χ1n) is 5.34. The van der Waals surface area contributed by atoms with Gasteiger partial charge in [-0.1, -0.05) is 27.2 Å². The molecule has 0 aromatic carbocycles. The second-order valence-corrected chi connectivity index (χ2v) is 4.17. The van der Waals surface area contributed by atoms with Crippen LogP contribution in [0.4, 0.5) is 0 Å². The van der Waals surface area contributed by atoms with Gasteiger partial charge < -0.3 is 4.74 Å². The molecule has 0 bridgehead atoms. The van der Waals surface area contributed by atoms with Crippen LogP contribution in [0.15, 0.2) is 0 Å². The molecule has 4 atom stereocenters. The molecule has 1 aliphatic heterocycles. The van der Waals surface area contributed by atoms with E-state index in [0.717, 1.165) is 11.8 Å². The lowest BCUT2D eigenvalue weighted by molar-refractivity contribution is -0.104. The van der Waals surface area contributed by atoms with Crippen molar-refractivity contribution in [3.63, 3.8) is 0 Å². The normalized spacial score (nSPS) is 43.0. The van der Waals surface area contributed by atoms with E-state index < -0.39 is 0 Å². The molecule has 72 valence electrons. The highest BCUT2D eigenvalue weighted by molar-refractivity contribution is 4.79. The Morgan fingerprint density at radius 3 is 2.33 bits per heavy atom. The minimum atomic E-state index is 0.470. The van der Waals surface area contributed by atoms with E-state index in [1.807, 2.05) is 0 Å². The third-order valence-corrected chi connectivity index (χ3v) is 3.32. The molecule has 0 spiro atoms. The predicted octanol–water partition coefficient (Wildman–Crippen LogP) is 3.24. The number of hydrogen-bond donors (Lipinski definition) is 0. The highest BCUT2D eigenvalue weighted by Crippen LogP contribution is 2.32. The monoisotopic (exact) mass is 170 g/mol. The summed E-state index contributed by atoms with van der Waals surface area (Å²) in [6, 6.07) is 0. The van der Waals surface area contributed by atoms with Gasteiger partial charge in [-0.3, -0.25) is 0 Å². The topological polar surface area (TPSA) is 9.23 Å². The lowest BCUT2D eigenvalue weighted by Gasteiger charge is -2.38. The zero-order valence-corrected chi connectivity index (χ0v) is 8.84. The van der Waals surface area contributed by atoms with E-state index in [4.69, 9.17) is 4.74 Å². The first-order valence-corrected chi connectivity index (χ1v) is 5.34. The van der Waals surface area contributed by atoms with Gasteiger partial charge in [-0.15, -0.1) is 0 Å². The minimum Gasteiger partial charge on any atom is -0.375 e. The van der Waals surface area contributed by atoms with Crippen LogP contribution in [0.3, 0.4) is 0 Å². The summed E-state index contributed by atoms with van der Waals surface area (Å²) in [7, 11) is 0. The lowest BCUT2D eigenvalue weighted by atomic mass is 9.83. The Bertz CT molecular complexity index is 117. The van der Waals surface area contributed by atoms with Crippen LogP contribution < -0.4 is 0 Å². The van der Waals surface area contributed by atoms with Gasteiger partial charge in [0.05, 0.1) is 12.2 Å². The van der Waals surface area contributed by atoms with Crippen molar-refractivity contribution in [3.05, 3.63) is 0 Å². The zero-order valence-electron chi connectivity index (χ0n) is 8.84. The molecule has 2 unspecified atom stereocenters. The maximum Gasteiger partial charge on any atom is 0.0604 e. The summed E-state index contributed by atoms with van der Waals surface area (Å²) >= 11 is 0. The van der Waals surface area contributed by atoms with Crippen molar-refractivity contribution < 1.29 is 4.74 Å². The van der Waals surface area contributed by atoms with Crippen molar-refractivity contribution >= 4 is 0 Å². The van der Waals surface area contributed by atoms with Crippen LogP contribution in [0, 0.1) is 11.8 Å². The maximum atomic E-state index is 5.95. The molecular weight excluding hydrogens is 148 g/mol. The quantitative estimate of drug-likeness (QED) is 0.618. The summed E-state index contributed by atoms with van der Waals surface area (Å²) in [5.74, 6) is 1.55. The summed E-state index contributed by atoms with van der Waals surface area (Å²) in [6.45, 7) is 9.02. The van der Waals surface area contributed by atoms with Crippen LogP contribution in [0.2, 0.25) is 0 Å². The fourth-order valence-corrected chi connectivity index (χ4v) is 2.20. The molecule has 1 fully saturated rings. The summed E-state index contributed by atoms with van der Waals surface area (Å²) in [6.07, 6.45) is 4.81. The number of hydrogen-bond acceptors (Lipinski definition) is 1. The van der Waals surface area contributed by atoms with Crippen molar-refractivity contribution in [1.82, 2.24) is 0 Å². The molecule has 1 aliphatic rings. The fraction of sp³-hybridized carbons (Fsp3) is 1.00. The molecule has 1 nitrogen and oxygen atoms in total. The smallest absolute Gasteiger partial charge is 0.0604 e. The molecule has 0 saturated carbocycles. The van der Waals surface area contributed by atoms with Crippen molar-refractivity contribution in [1.29, 1.82) is 0 Å². The molecule has 12 heavy (non-hydrogen) atoms. The van der Waals surface area contributed by atoms with Crippen LogP contribution in [0.25, 0.3) is 0 Å². The second-order valence-electron chi connectivity index (χ2n) is 4.17. The molecule has 0 aliphatic carbocycles. The van der Waals surface area contributed by atoms with Crippen molar-refractivity contribution in [2.45, 2.75) is 59.2 Å². The zero-order chi connectivity index (χ0) is 9.14. The van der Waals surface area contributed by atoms with Gasteiger partial charge in [0, 0.05) is 0 Å². The average Bonchev–Trinajstić information content (AvgIpc) is 2.09. The summed E-state index contributed by atoms with van der Waals surface area (Å²) < 4.78 is 5.95. The molecule has 1 heteroatoms. The molecule has 0 N–H and O–H groups in total. The fourth-order valence-electron chi connectivity index (χ4n) is 2.20. The van der Waals surface area contributed by atoms with Crippen LogP contribution in [-0.2, 0) is 4.74 Å². The van der Waals surface area contributed by atoms with Crippen LogP contribution >= 0.6 is 0 Å². The van der Waals surface area contributed by atoms with Gasteiger partial charge in [-0.25, -0.2) is 0 Å². The standard InChI is InChI=1S/C11H22O/c1-5-10-7-8(3)9(4)12-11(10)6-2/h8-11H,5-7H2,1-4H3/t8?,9?,10-,11-/m0/s1. The van der Waals surface area contributed by atoms with Crippen molar-refractivity contribution in [2.24, 2.45) is 11.8 Å². The van der Waals surface area contributed by atoms with Crippen molar-refractivity contribution in [2.75, 3.05) is 0 Å². The molecule has 0 amide bonds. The van der Waals surface area contributed by atoms with Gasteiger partial charge in [0.25, 0.3) is 0 Å². The van der Waals surface area contributed by atoms with Gasteiger partial charge in [0.15, 0.2) is 0 Å². The minimum absolute atomic E-state index is 0.470. The highest BCUT2D eigenvalue weighted by Gasteiger charge is 2.31. The van der Waals surface area contributed by atoms with Crippen LogP contribution in [0.5, 0.6) is 0 Å². The Morgan fingerprint density at radius 2 is 1.83 bits per heavy atom. The molecule has 0 aromatic heterocycles. The van der Waals surface area contributed by atoms with Gasteiger partial charge in [-0.2, -0.15) is 0 Å². The Hall–Kier alpha value is -0.0400. The Morgan fingerprint density at radius 1 is 1.17 bits per heavy atom. The first-order chi connectivity index (χ1) is 5.69. The Labute approximate surface area is 76.5 Å². The molecule has 1 saturated heterocycles. The molecule has 0 radical (unpaired) electrons. The maximum absolute atomic E-state index is 5.95. The largest absolute Gasteiger partial charge is 0.375 e. The van der Waals surface area contributed by atoms with Gasteiger partial charge in [-0.05, 0) is 31.6 Å². The van der Waals surface area contributed by atoms with E-state index in [1.165, 1.54) is 19.3 Å². The SMILES string of the molecule is CC[C@H]1CC(C)C(C)O[C@H]1CC. The van der Waals surface area contributed by atoms with E-state index in [0.29, 0.717) is 12.2 Å². The van der Waals surface area contributed by atoms with E-state index in [-0.39, 0.29) is 0 Å². The molecule has 1 heterocycles. The second kappa shape index (κ2) is 4.27.